The van der Waals surface area contributed by atoms with Crippen LogP contribution in [0.2, 0.25) is 0 Å². The normalized spacial score (nSPS) is 51.0. The van der Waals surface area contributed by atoms with Crippen molar-refractivity contribution < 1.29 is 0 Å². The van der Waals surface area contributed by atoms with Crippen molar-refractivity contribution in [3.8, 4) is 0 Å². The summed E-state index contributed by atoms with van der Waals surface area (Å²) in [6.45, 7) is 0. The molecule has 0 N–H and O–H groups in total. The summed E-state index contributed by atoms with van der Waals surface area (Å²) in [7, 11) is 0. The van der Waals surface area contributed by atoms with Crippen molar-refractivity contribution in [3.63, 3.8) is 0 Å². The smallest absolute Gasteiger partial charge is 0.0352 e. The quantitative estimate of drug-likeness (QED) is 0.513. The largest absolute Gasteiger partial charge is 0.0530 e. The molecule has 24 heavy (non-hydrogen) atoms. The molecule has 0 aromatic carbocycles. The highest BCUT2D eigenvalue weighted by molar-refractivity contribution is 5.00. The molecule has 0 radical (unpaired) electrons. The zero-order valence-corrected chi connectivity index (χ0v) is 15.9. The van der Waals surface area contributed by atoms with E-state index in [4.69, 9.17) is 0 Å². The van der Waals surface area contributed by atoms with Crippen LogP contribution in [0, 0.1) is 47.3 Å². The summed E-state index contributed by atoms with van der Waals surface area (Å²) in [5.74, 6) is 9.26. The minimum absolute atomic E-state index is 1.14. The van der Waals surface area contributed by atoms with Crippen LogP contribution in [0.25, 0.3) is 0 Å². The first-order valence-corrected chi connectivity index (χ1v) is 11.9. The molecule has 0 bridgehead atoms. The average Bonchev–Trinajstić information content (AvgIpc) is 3.19. The van der Waals surface area contributed by atoms with Crippen LogP contribution in [-0.2, 0) is 0 Å². The lowest BCUT2D eigenvalue weighted by atomic mass is 9.72. The van der Waals surface area contributed by atoms with Crippen molar-refractivity contribution in [2.45, 2.75) is 103 Å². The highest BCUT2D eigenvalue weighted by atomic mass is 14.6. The third kappa shape index (κ3) is 2.79. The van der Waals surface area contributed by atoms with Crippen molar-refractivity contribution in [3.05, 3.63) is 0 Å². The summed E-state index contributed by atoms with van der Waals surface area (Å²) in [6.07, 6.45) is 25.4. The molecule has 0 saturated heterocycles. The SMILES string of the molecule is C1CCC2C(C1)CCC2CCC1C2CCCCC2C2CCCCC21. The summed E-state index contributed by atoms with van der Waals surface area (Å²) < 4.78 is 0. The van der Waals surface area contributed by atoms with E-state index in [1.165, 1.54) is 11.8 Å². The maximum atomic E-state index is 1.64. The maximum Gasteiger partial charge on any atom is -0.0352 e. The van der Waals surface area contributed by atoms with E-state index >= 15 is 0 Å². The molecule has 5 aliphatic rings. The summed E-state index contributed by atoms with van der Waals surface area (Å²) in [6, 6.07) is 0. The summed E-state index contributed by atoms with van der Waals surface area (Å²) in [5.41, 5.74) is 0. The Morgan fingerprint density at radius 3 is 1.62 bits per heavy atom. The second-order valence-corrected chi connectivity index (χ2v) is 10.5. The van der Waals surface area contributed by atoms with Gasteiger partial charge in [-0.05, 0) is 105 Å². The monoisotopic (exact) mass is 328 g/mol. The molecule has 5 aliphatic carbocycles. The maximum absolute atomic E-state index is 1.64. The molecule has 7 atom stereocenters. The molecule has 0 spiro atoms. The van der Waals surface area contributed by atoms with Crippen LogP contribution in [0.15, 0.2) is 0 Å². The fourth-order valence-electron chi connectivity index (χ4n) is 8.87. The van der Waals surface area contributed by atoms with Crippen LogP contribution < -0.4 is 0 Å². The first kappa shape index (κ1) is 16.2. The Morgan fingerprint density at radius 1 is 0.417 bits per heavy atom. The second kappa shape index (κ2) is 6.96. The molecule has 136 valence electrons. The van der Waals surface area contributed by atoms with Gasteiger partial charge in [0.15, 0.2) is 0 Å². The molecular formula is C24H40. The first-order valence-electron chi connectivity index (χ1n) is 11.9. The van der Waals surface area contributed by atoms with E-state index < -0.39 is 0 Å². The third-order valence-electron chi connectivity index (χ3n) is 9.75. The molecule has 0 heteroatoms. The number of fused-ring (bicyclic) bond motifs is 4. The van der Waals surface area contributed by atoms with E-state index in [0.717, 1.165) is 35.5 Å². The summed E-state index contributed by atoms with van der Waals surface area (Å²) in [5, 5.41) is 0. The van der Waals surface area contributed by atoms with Gasteiger partial charge in [-0.15, -0.1) is 0 Å². The van der Waals surface area contributed by atoms with Crippen molar-refractivity contribution in [1.82, 2.24) is 0 Å². The molecule has 5 saturated carbocycles. The van der Waals surface area contributed by atoms with Gasteiger partial charge in [-0.1, -0.05) is 44.9 Å². The first-order chi connectivity index (χ1) is 11.9. The second-order valence-electron chi connectivity index (χ2n) is 10.5. The third-order valence-corrected chi connectivity index (χ3v) is 9.75. The van der Waals surface area contributed by atoms with Gasteiger partial charge in [0.05, 0.1) is 0 Å². The molecule has 7 unspecified atom stereocenters. The Labute approximate surface area is 150 Å². The van der Waals surface area contributed by atoms with Crippen molar-refractivity contribution >= 4 is 0 Å². The van der Waals surface area contributed by atoms with E-state index in [2.05, 4.69) is 0 Å². The van der Waals surface area contributed by atoms with Crippen LogP contribution in [0.4, 0.5) is 0 Å². The minimum atomic E-state index is 1.14. The van der Waals surface area contributed by atoms with Crippen LogP contribution in [0.5, 0.6) is 0 Å². The fourth-order valence-corrected chi connectivity index (χ4v) is 8.87. The van der Waals surface area contributed by atoms with Crippen molar-refractivity contribution in [2.24, 2.45) is 47.3 Å². The van der Waals surface area contributed by atoms with Gasteiger partial charge in [0.25, 0.3) is 0 Å². The van der Waals surface area contributed by atoms with Crippen LogP contribution in [0.1, 0.15) is 103 Å². The van der Waals surface area contributed by atoms with Gasteiger partial charge in [-0.3, -0.25) is 0 Å². The van der Waals surface area contributed by atoms with E-state index in [1.54, 1.807) is 103 Å². The highest BCUT2D eigenvalue weighted by Crippen LogP contribution is 2.59. The Balaban J connectivity index is 1.25. The molecule has 0 aliphatic heterocycles. The predicted octanol–water partition coefficient (Wildman–Crippen LogP) is 7.23. The molecule has 0 aromatic heterocycles. The Morgan fingerprint density at radius 2 is 0.958 bits per heavy atom. The van der Waals surface area contributed by atoms with Gasteiger partial charge < -0.3 is 0 Å². The van der Waals surface area contributed by atoms with Gasteiger partial charge >= 0.3 is 0 Å². The van der Waals surface area contributed by atoms with Gasteiger partial charge in [0.1, 0.15) is 0 Å². The predicted molar refractivity (Wildman–Crippen MR) is 102 cm³/mol. The lowest BCUT2D eigenvalue weighted by molar-refractivity contribution is 0.172. The van der Waals surface area contributed by atoms with E-state index in [0.29, 0.717) is 0 Å². The molecule has 5 fully saturated rings. The number of hydrogen-bond donors (Lipinski definition) is 0. The fraction of sp³-hybridized carbons (Fsp3) is 1.00. The van der Waals surface area contributed by atoms with Gasteiger partial charge in [0.2, 0.25) is 0 Å². The van der Waals surface area contributed by atoms with Crippen LogP contribution >= 0.6 is 0 Å². The molecule has 0 heterocycles. The van der Waals surface area contributed by atoms with E-state index in [9.17, 15) is 0 Å². The lowest BCUT2D eigenvalue weighted by Crippen LogP contribution is -2.23. The zero-order chi connectivity index (χ0) is 15.9. The molecule has 0 aromatic rings. The summed E-state index contributed by atoms with van der Waals surface area (Å²) >= 11 is 0. The minimum Gasteiger partial charge on any atom is -0.0530 e. The van der Waals surface area contributed by atoms with Crippen LogP contribution in [0.3, 0.4) is 0 Å². The van der Waals surface area contributed by atoms with Crippen molar-refractivity contribution in [2.75, 3.05) is 0 Å². The number of hydrogen-bond acceptors (Lipinski definition) is 0. The van der Waals surface area contributed by atoms with Gasteiger partial charge in [0, 0.05) is 0 Å². The topological polar surface area (TPSA) is 0 Å². The Bertz CT molecular complexity index is 404. The standard InChI is InChI=1S/C24H40/c1-2-8-19-17(7-1)13-14-18(19)15-16-24-22-11-5-3-9-20(22)21-10-4-6-12-23(21)24/h17-24H,1-16H2. The molecule has 0 nitrogen and oxygen atoms in total. The molecular weight excluding hydrogens is 288 g/mol. The Kier molecular flexibility index (Phi) is 4.69. The van der Waals surface area contributed by atoms with Crippen LogP contribution in [-0.4, -0.2) is 0 Å². The molecule has 5 rings (SSSR count). The Hall–Kier alpha value is 0. The van der Waals surface area contributed by atoms with E-state index in [-0.39, 0.29) is 0 Å². The van der Waals surface area contributed by atoms with Gasteiger partial charge in [-0.2, -0.15) is 0 Å². The zero-order valence-electron chi connectivity index (χ0n) is 15.9. The molecule has 0 amide bonds. The van der Waals surface area contributed by atoms with E-state index in [1.807, 2.05) is 0 Å². The average molecular weight is 329 g/mol. The highest BCUT2D eigenvalue weighted by Gasteiger charge is 2.50. The van der Waals surface area contributed by atoms with Crippen molar-refractivity contribution in [1.29, 1.82) is 0 Å². The summed E-state index contributed by atoms with van der Waals surface area (Å²) in [4.78, 5) is 0. The van der Waals surface area contributed by atoms with Gasteiger partial charge in [-0.25, -0.2) is 0 Å². The number of rotatable bonds is 3. The lowest BCUT2D eigenvalue weighted by Gasteiger charge is -2.33.